The van der Waals surface area contributed by atoms with E-state index in [-0.39, 0.29) is 36.3 Å². The fourth-order valence-electron chi connectivity index (χ4n) is 3.57. The molecular formula is C18H18F4N4O2. The Labute approximate surface area is 157 Å². The average Bonchev–Trinajstić information content (AvgIpc) is 3.06. The van der Waals surface area contributed by atoms with E-state index in [1.165, 1.54) is 29.2 Å². The lowest BCUT2D eigenvalue weighted by Crippen LogP contribution is -2.40. The SMILES string of the molecule is C[C@@H](Nc1nnc(-c2ccc(C(F)F)cc2)o1)C(=O)N1CCC2(C1)CC2(F)F. The van der Waals surface area contributed by atoms with E-state index >= 15 is 0 Å². The highest BCUT2D eigenvalue weighted by atomic mass is 19.3. The number of halogens is 4. The summed E-state index contributed by atoms with van der Waals surface area (Å²) in [5.41, 5.74) is -0.712. The van der Waals surface area contributed by atoms with Gasteiger partial charge in [-0.2, -0.15) is 0 Å². The van der Waals surface area contributed by atoms with E-state index in [1.54, 1.807) is 6.92 Å². The van der Waals surface area contributed by atoms with Crippen molar-refractivity contribution in [2.45, 2.75) is 38.2 Å². The number of anilines is 1. The molecule has 2 aromatic rings. The zero-order valence-electron chi connectivity index (χ0n) is 15.0. The number of likely N-dealkylation sites (tertiary alicyclic amines) is 1. The van der Waals surface area contributed by atoms with Crippen LogP contribution in [0.2, 0.25) is 0 Å². The van der Waals surface area contributed by atoms with Gasteiger partial charge in [0.05, 0.1) is 5.41 Å². The number of hydrogen-bond donors (Lipinski definition) is 1. The van der Waals surface area contributed by atoms with Crippen LogP contribution in [0.25, 0.3) is 11.5 Å². The van der Waals surface area contributed by atoms with Crippen molar-refractivity contribution in [3.05, 3.63) is 29.8 Å². The Hall–Kier alpha value is -2.65. The summed E-state index contributed by atoms with van der Waals surface area (Å²) in [5, 5.41) is 10.4. The van der Waals surface area contributed by atoms with Gasteiger partial charge in [0.15, 0.2) is 0 Å². The molecule has 28 heavy (non-hydrogen) atoms. The van der Waals surface area contributed by atoms with Crippen LogP contribution in [0.3, 0.4) is 0 Å². The molecule has 10 heteroatoms. The summed E-state index contributed by atoms with van der Waals surface area (Å²) in [5.74, 6) is -2.89. The summed E-state index contributed by atoms with van der Waals surface area (Å²) in [6.07, 6.45) is -2.43. The third-order valence-electron chi connectivity index (χ3n) is 5.42. The third-order valence-corrected chi connectivity index (χ3v) is 5.42. The van der Waals surface area contributed by atoms with E-state index in [4.69, 9.17) is 4.42 Å². The zero-order valence-corrected chi connectivity index (χ0v) is 15.0. The molecular weight excluding hydrogens is 380 g/mol. The van der Waals surface area contributed by atoms with E-state index in [2.05, 4.69) is 15.5 Å². The second-order valence-electron chi connectivity index (χ2n) is 7.37. The van der Waals surface area contributed by atoms with Gasteiger partial charge in [-0.1, -0.05) is 17.2 Å². The largest absolute Gasteiger partial charge is 0.403 e. The number of hydrogen-bond acceptors (Lipinski definition) is 5. The molecule has 0 radical (unpaired) electrons. The van der Waals surface area contributed by atoms with Crippen molar-refractivity contribution >= 4 is 11.9 Å². The molecule has 2 fully saturated rings. The smallest absolute Gasteiger partial charge is 0.316 e. The van der Waals surface area contributed by atoms with Gasteiger partial charge < -0.3 is 14.6 Å². The average molecular weight is 398 g/mol. The Balaban J connectivity index is 1.38. The highest BCUT2D eigenvalue weighted by Crippen LogP contribution is 2.65. The summed E-state index contributed by atoms with van der Waals surface area (Å²) in [6, 6.07) is 4.65. The van der Waals surface area contributed by atoms with E-state index in [9.17, 15) is 22.4 Å². The first kappa shape index (κ1) is 18.7. The number of alkyl halides is 4. The minimum Gasteiger partial charge on any atom is -0.403 e. The number of amides is 1. The van der Waals surface area contributed by atoms with E-state index in [0.29, 0.717) is 18.5 Å². The van der Waals surface area contributed by atoms with E-state index in [0.717, 1.165) is 0 Å². The maximum atomic E-state index is 13.5. The van der Waals surface area contributed by atoms with Gasteiger partial charge >= 0.3 is 6.01 Å². The second-order valence-corrected chi connectivity index (χ2v) is 7.37. The van der Waals surface area contributed by atoms with E-state index in [1.807, 2.05) is 0 Å². The molecule has 2 heterocycles. The molecule has 1 N–H and O–H groups in total. The van der Waals surface area contributed by atoms with Gasteiger partial charge in [0.1, 0.15) is 6.04 Å². The van der Waals surface area contributed by atoms with Gasteiger partial charge in [-0.05, 0) is 25.5 Å². The van der Waals surface area contributed by atoms with Crippen LogP contribution in [-0.4, -0.2) is 46.1 Å². The summed E-state index contributed by atoms with van der Waals surface area (Å²) in [6.45, 7) is 1.93. The molecule has 6 nitrogen and oxygen atoms in total. The van der Waals surface area contributed by atoms with Crippen LogP contribution in [0, 0.1) is 5.41 Å². The topological polar surface area (TPSA) is 71.3 Å². The van der Waals surface area contributed by atoms with Crippen molar-refractivity contribution in [2.75, 3.05) is 18.4 Å². The lowest BCUT2D eigenvalue weighted by molar-refractivity contribution is -0.131. The maximum absolute atomic E-state index is 13.5. The second kappa shape index (κ2) is 6.46. The first-order valence-electron chi connectivity index (χ1n) is 8.86. The van der Waals surface area contributed by atoms with Crippen LogP contribution < -0.4 is 5.32 Å². The first-order valence-corrected chi connectivity index (χ1v) is 8.86. The highest BCUT2D eigenvalue weighted by Gasteiger charge is 2.73. The third kappa shape index (κ3) is 3.20. The summed E-state index contributed by atoms with van der Waals surface area (Å²) in [4.78, 5) is 13.9. The number of rotatable bonds is 5. The van der Waals surface area contributed by atoms with Crippen LogP contribution in [0.1, 0.15) is 31.8 Å². The molecule has 1 spiro atoms. The van der Waals surface area contributed by atoms with Crippen LogP contribution in [-0.2, 0) is 4.79 Å². The lowest BCUT2D eigenvalue weighted by Gasteiger charge is -2.21. The van der Waals surface area contributed by atoms with Crippen LogP contribution in [0.5, 0.6) is 0 Å². The Bertz CT molecular complexity index is 886. The molecule has 4 rings (SSSR count). The summed E-state index contributed by atoms with van der Waals surface area (Å²) >= 11 is 0. The monoisotopic (exact) mass is 398 g/mol. The van der Waals surface area contributed by atoms with Gasteiger partial charge in [-0.25, -0.2) is 17.6 Å². The van der Waals surface area contributed by atoms with Crippen molar-refractivity contribution in [3.8, 4) is 11.5 Å². The maximum Gasteiger partial charge on any atom is 0.316 e. The molecule has 1 unspecified atom stereocenters. The predicted octanol–water partition coefficient (Wildman–Crippen LogP) is 3.73. The highest BCUT2D eigenvalue weighted by molar-refractivity contribution is 5.84. The molecule has 2 atom stereocenters. The number of aromatic nitrogens is 2. The Morgan fingerprint density at radius 2 is 1.93 bits per heavy atom. The number of carbonyl (C=O) groups excluding carboxylic acids is 1. The lowest BCUT2D eigenvalue weighted by atomic mass is 10.1. The summed E-state index contributed by atoms with van der Waals surface area (Å²) < 4.78 is 57.6. The molecule has 2 aliphatic rings. The minimum absolute atomic E-state index is 0.0144. The Morgan fingerprint density at radius 3 is 2.50 bits per heavy atom. The molecule has 1 aromatic heterocycles. The van der Waals surface area contributed by atoms with Gasteiger partial charge in [-0.15, -0.1) is 5.10 Å². The minimum atomic E-state index is -2.68. The zero-order chi connectivity index (χ0) is 20.1. The molecule has 0 bridgehead atoms. The normalized spacial score (nSPS) is 24.0. The molecule has 1 saturated heterocycles. The van der Waals surface area contributed by atoms with E-state index < -0.39 is 23.8 Å². The fourth-order valence-corrected chi connectivity index (χ4v) is 3.57. The standard InChI is InChI=1S/C18H18F4N4O2/c1-10(15(27)26-7-6-17(9-26)8-18(17,21)22)23-16-25-24-14(28-16)12-4-2-11(3-5-12)13(19)20/h2-5,10,13H,6-9H2,1H3,(H,23,25)/t10-,17?/m1/s1. The molecule has 1 aromatic carbocycles. The van der Waals surface area contributed by atoms with Gasteiger partial charge in [0.2, 0.25) is 11.8 Å². The van der Waals surface area contributed by atoms with Crippen LogP contribution in [0.4, 0.5) is 23.6 Å². The van der Waals surface area contributed by atoms with Crippen LogP contribution in [0.15, 0.2) is 28.7 Å². The Morgan fingerprint density at radius 1 is 1.25 bits per heavy atom. The van der Waals surface area contributed by atoms with Crippen molar-refractivity contribution in [3.63, 3.8) is 0 Å². The number of carbonyl (C=O) groups is 1. The fraction of sp³-hybridized carbons (Fsp3) is 0.500. The number of nitrogens with one attached hydrogen (secondary N) is 1. The predicted molar refractivity (Wildman–Crippen MR) is 91.0 cm³/mol. The van der Waals surface area contributed by atoms with Crippen molar-refractivity contribution in [1.29, 1.82) is 0 Å². The van der Waals surface area contributed by atoms with Crippen molar-refractivity contribution < 1.29 is 26.8 Å². The van der Waals surface area contributed by atoms with Gasteiger partial charge in [0.25, 0.3) is 12.3 Å². The van der Waals surface area contributed by atoms with Crippen LogP contribution >= 0.6 is 0 Å². The summed E-state index contributed by atoms with van der Waals surface area (Å²) in [7, 11) is 0. The molecule has 1 amide bonds. The first-order chi connectivity index (χ1) is 13.2. The quantitative estimate of drug-likeness (QED) is 0.777. The van der Waals surface area contributed by atoms with Gasteiger partial charge in [-0.3, -0.25) is 4.79 Å². The number of nitrogens with zero attached hydrogens (tertiary/aromatic N) is 3. The molecule has 150 valence electrons. The van der Waals surface area contributed by atoms with Crippen molar-refractivity contribution in [1.82, 2.24) is 15.1 Å². The van der Waals surface area contributed by atoms with Crippen molar-refractivity contribution in [2.24, 2.45) is 5.41 Å². The Kier molecular flexibility index (Phi) is 4.31. The van der Waals surface area contributed by atoms with Gasteiger partial charge in [0, 0.05) is 30.6 Å². The molecule has 1 aliphatic carbocycles. The molecule has 1 saturated carbocycles. The molecule has 1 aliphatic heterocycles. The number of benzene rings is 1.